The zero-order chi connectivity index (χ0) is 21.1. The molecule has 0 radical (unpaired) electrons. The molecule has 0 aromatic heterocycles. The highest BCUT2D eigenvalue weighted by Gasteiger charge is 2.40. The average molecular weight is 463 g/mol. The van der Waals surface area contributed by atoms with Crippen LogP contribution in [0.1, 0.15) is 12.5 Å². The van der Waals surface area contributed by atoms with E-state index in [1.807, 2.05) is 55.5 Å². The summed E-state index contributed by atoms with van der Waals surface area (Å²) in [4.78, 5) is 27.9. The van der Waals surface area contributed by atoms with E-state index in [9.17, 15) is 9.59 Å². The number of carbonyl (C=O) groups excluding carboxylic acids is 2. The standard InChI is InChI=1S/C24H19BrN2O3/c1-2-30-20-10-6-9-18(15-20)26-22-21(16-7-4-3-5-8-16)23(28)27(24(22)29)19-13-11-17(25)12-14-19/h3-15,26H,2H2,1H3. The molecule has 5 nitrogen and oxygen atoms in total. The normalized spacial score (nSPS) is 13.7. The molecule has 1 aliphatic rings. The van der Waals surface area contributed by atoms with E-state index in [1.54, 1.807) is 30.3 Å². The van der Waals surface area contributed by atoms with Gasteiger partial charge in [0.15, 0.2) is 0 Å². The molecule has 0 aliphatic carbocycles. The highest BCUT2D eigenvalue weighted by Crippen LogP contribution is 2.34. The Kier molecular flexibility index (Phi) is 5.68. The third-order valence-electron chi connectivity index (χ3n) is 4.65. The maximum atomic E-state index is 13.3. The Morgan fingerprint density at radius 2 is 1.63 bits per heavy atom. The van der Waals surface area contributed by atoms with Crippen molar-refractivity contribution in [1.82, 2.24) is 0 Å². The number of halogens is 1. The van der Waals surface area contributed by atoms with Crippen LogP contribution in [0.5, 0.6) is 5.75 Å². The summed E-state index contributed by atoms with van der Waals surface area (Å²) < 4.78 is 6.42. The lowest BCUT2D eigenvalue weighted by molar-refractivity contribution is -0.120. The largest absolute Gasteiger partial charge is 0.494 e. The number of benzene rings is 3. The number of nitrogens with zero attached hydrogens (tertiary/aromatic N) is 1. The fourth-order valence-corrected chi connectivity index (χ4v) is 3.58. The van der Waals surface area contributed by atoms with Gasteiger partial charge in [0.1, 0.15) is 11.4 Å². The Morgan fingerprint density at radius 1 is 0.900 bits per heavy atom. The Bertz CT molecular complexity index is 1120. The van der Waals surface area contributed by atoms with E-state index < -0.39 is 5.91 Å². The van der Waals surface area contributed by atoms with Gasteiger partial charge < -0.3 is 10.1 Å². The lowest BCUT2D eigenvalue weighted by Gasteiger charge is -2.15. The zero-order valence-electron chi connectivity index (χ0n) is 16.3. The molecular formula is C24H19BrN2O3. The van der Waals surface area contributed by atoms with Crippen molar-refractivity contribution in [3.8, 4) is 5.75 Å². The van der Waals surface area contributed by atoms with Gasteiger partial charge in [0.2, 0.25) is 0 Å². The summed E-state index contributed by atoms with van der Waals surface area (Å²) in [5, 5.41) is 3.16. The van der Waals surface area contributed by atoms with E-state index >= 15 is 0 Å². The minimum Gasteiger partial charge on any atom is -0.494 e. The lowest BCUT2D eigenvalue weighted by atomic mass is 10.0. The second kappa shape index (κ2) is 8.55. The molecule has 0 unspecified atom stereocenters. The van der Waals surface area contributed by atoms with Crippen molar-refractivity contribution in [3.05, 3.63) is 94.6 Å². The molecule has 1 heterocycles. The molecule has 6 heteroatoms. The van der Waals surface area contributed by atoms with Gasteiger partial charge in [-0.2, -0.15) is 0 Å². The molecule has 3 aromatic rings. The van der Waals surface area contributed by atoms with Crippen LogP contribution in [0.2, 0.25) is 0 Å². The Morgan fingerprint density at radius 3 is 2.33 bits per heavy atom. The molecule has 2 amide bonds. The van der Waals surface area contributed by atoms with Crippen LogP contribution in [-0.4, -0.2) is 18.4 Å². The first-order valence-electron chi connectivity index (χ1n) is 9.52. The maximum Gasteiger partial charge on any atom is 0.282 e. The van der Waals surface area contributed by atoms with Crippen molar-refractivity contribution < 1.29 is 14.3 Å². The van der Waals surface area contributed by atoms with Gasteiger partial charge in [0, 0.05) is 16.2 Å². The van der Waals surface area contributed by atoms with Crippen molar-refractivity contribution in [1.29, 1.82) is 0 Å². The van der Waals surface area contributed by atoms with Crippen LogP contribution in [0.4, 0.5) is 11.4 Å². The molecular weight excluding hydrogens is 444 g/mol. The Labute approximate surface area is 183 Å². The second-order valence-corrected chi connectivity index (χ2v) is 7.54. The zero-order valence-corrected chi connectivity index (χ0v) is 17.8. The highest BCUT2D eigenvalue weighted by atomic mass is 79.9. The summed E-state index contributed by atoms with van der Waals surface area (Å²) in [5.74, 6) is -0.0779. The number of amides is 2. The van der Waals surface area contributed by atoms with Gasteiger partial charge in [-0.05, 0) is 48.9 Å². The van der Waals surface area contributed by atoms with E-state index in [1.165, 1.54) is 4.90 Å². The molecule has 0 fully saturated rings. The van der Waals surface area contributed by atoms with E-state index in [-0.39, 0.29) is 11.6 Å². The highest BCUT2D eigenvalue weighted by molar-refractivity contribution is 9.10. The molecule has 30 heavy (non-hydrogen) atoms. The molecule has 1 N–H and O–H groups in total. The van der Waals surface area contributed by atoms with Crippen molar-refractivity contribution >= 4 is 44.7 Å². The van der Waals surface area contributed by atoms with Crippen LogP contribution in [-0.2, 0) is 9.59 Å². The van der Waals surface area contributed by atoms with Gasteiger partial charge in [0.05, 0.1) is 17.9 Å². The minimum atomic E-state index is -0.400. The molecule has 0 bridgehead atoms. The van der Waals surface area contributed by atoms with Gasteiger partial charge in [-0.25, -0.2) is 4.90 Å². The molecule has 0 atom stereocenters. The lowest BCUT2D eigenvalue weighted by Crippen LogP contribution is -2.32. The quantitative estimate of drug-likeness (QED) is 0.508. The summed E-state index contributed by atoms with van der Waals surface area (Å²) in [7, 11) is 0. The fraction of sp³-hybridized carbons (Fsp3) is 0.0833. The summed E-state index contributed by atoms with van der Waals surface area (Å²) in [5.41, 5.74) is 2.44. The molecule has 3 aromatic carbocycles. The number of ether oxygens (including phenoxy) is 1. The number of carbonyl (C=O) groups is 2. The van der Waals surface area contributed by atoms with Crippen LogP contribution in [0.15, 0.2) is 89.0 Å². The number of hydrogen-bond acceptors (Lipinski definition) is 4. The summed E-state index contributed by atoms with van der Waals surface area (Å²) in [6, 6.07) is 23.6. The fourth-order valence-electron chi connectivity index (χ4n) is 3.32. The molecule has 4 rings (SSSR count). The van der Waals surface area contributed by atoms with Crippen molar-refractivity contribution in [2.75, 3.05) is 16.8 Å². The SMILES string of the molecule is CCOc1cccc(NC2=C(c3ccccc3)C(=O)N(c3ccc(Br)cc3)C2=O)c1. The second-order valence-electron chi connectivity index (χ2n) is 6.62. The molecule has 0 saturated heterocycles. The molecule has 150 valence electrons. The van der Waals surface area contributed by atoms with Crippen LogP contribution in [0.3, 0.4) is 0 Å². The predicted octanol–water partition coefficient (Wildman–Crippen LogP) is 5.24. The first-order chi connectivity index (χ1) is 14.6. The topological polar surface area (TPSA) is 58.6 Å². The van der Waals surface area contributed by atoms with Gasteiger partial charge in [-0.3, -0.25) is 9.59 Å². The van der Waals surface area contributed by atoms with E-state index in [4.69, 9.17) is 4.74 Å². The van der Waals surface area contributed by atoms with Gasteiger partial charge in [0.25, 0.3) is 11.8 Å². The van der Waals surface area contributed by atoms with Crippen molar-refractivity contribution in [2.45, 2.75) is 6.92 Å². The average Bonchev–Trinajstić information content (AvgIpc) is 2.99. The number of rotatable bonds is 6. The van der Waals surface area contributed by atoms with Crippen LogP contribution >= 0.6 is 15.9 Å². The van der Waals surface area contributed by atoms with Crippen molar-refractivity contribution in [3.63, 3.8) is 0 Å². The number of nitrogens with one attached hydrogen (secondary N) is 1. The van der Waals surface area contributed by atoms with E-state index in [2.05, 4.69) is 21.2 Å². The van der Waals surface area contributed by atoms with Gasteiger partial charge in [-0.1, -0.05) is 52.3 Å². The first-order valence-corrected chi connectivity index (χ1v) is 10.3. The Balaban J connectivity index is 1.77. The van der Waals surface area contributed by atoms with Gasteiger partial charge >= 0.3 is 0 Å². The van der Waals surface area contributed by atoms with Crippen LogP contribution < -0.4 is 15.0 Å². The summed E-state index contributed by atoms with van der Waals surface area (Å²) in [6.45, 7) is 2.45. The minimum absolute atomic E-state index is 0.239. The molecule has 1 aliphatic heterocycles. The van der Waals surface area contributed by atoms with E-state index in [0.29, 0.717) is 34.9 Å². The van der Waals surface area contributed by atoms with Gasteiger partial charge in [-0.15, -0.1) is 0 Å². The molecule has 0 spiro atoms. The number of anilines is 2. The number of imide groups is 1. The summed E-state index contributed by atoms with van der Waals surface area (Å²) in [6.07, 6.45) is 0. The van der Waals surface area contributed by atoms with Crippen LogP contribution in [0.25, 0.3) is 5.57 Å². The summed E-state index contributed by atoms with van der Waals surface area (Å²) >= 11 is 3.39. The van der Waals surface area contributed by atoms with Crippen LogP contribution in [0, 0.1) is 0 Å². The third kappa shape index (κ3) is 3.86. The first kappa shape index (κ1) is 19.9. The van der Waals surface area contributed by atoms with Crippen molar-refractivity contribution in [2.24, 2.45) is 0 Å². The monoisotopic (exact) mass is 462 g/mol. The smallest absolute Gasteiger partial charge is 0.282 e. The predicted molar refractivity (Wildman–Crippen MR) is 121 cm³/mol. The molecule has 0 saturated carbocycles. The Hall–Kier alpha value is -3.38. The maximum absolute atomic E-state index is 13.3. The number of hydrogen-bond donors (Lipinski definition) is 1. The third-order valence-corrected chi connectivity index (χ3v) is 5.17. The van der Waals surface area contributed by atoms with E-state index in [0.717, 1.165) is 4.47 Å².